The van der Waals surface area contributed by atoms with Crippen molar-refractivity contribution in [3.05, 3.63) is 101 Å². The van der Waals surface area contributed by atoms with E-state index in [1.54, 1.807) is 7.11 Å². The molecule has 0 aliphatic heterocycles. The largest absolute Gasteiger partial charge is 0.383 e. The summed E-state index contributed by atoms with van der Waals surface area (Å²) >= 11 is 0. The molecule has 0 radical (unpaired) electrons. The molecule has 1 heterocycles. The van der Waals surface area contributed by atoms with E-state index in [-0.39, 0.29) is 12.1 Å². The molecule has 4 aromatic rings. The fraction of sp³-hybridized carbons (Fsp3) is 0.321. The maximum Gasteiger partial charge on any atom is 0.203 e. The van der Waals surface area contributed by atoms with Crippen molar-refractivity contribution < 1.29 is 4.74 Å². The van der Waals surface area contributed by atoms with E-state index in [1.807, 2.05) is 0 Å². The Labute approximate surface area is 190 Å². The van der Waals surface area contributed by atoms with E-state index in [1.165, 1.54) is 22.3 Å². The van der Waals surface area contributed by atoms with Crippen LogP contribution in [0, 0.1) is 19.3 Å². The number of nitrogens with zero attached hydrogens (tertiary/aromatic N) is 2. The van der Waals surface area contributed by atoms with E-state index in [9.17, 15) is 5.41 Å². The number of methoxy groups -OCH3 is 1. The molecule has 0 aliphatic rings. The molecule has 0 saturated heterocycles. The number of hydrogen-bond donors (Lipinski definition) is 1. The summed E-state index contributed by atoms with van der Waals surface area (Å²) in [7, 11) is 1.74. The van der Waals surface area contributed by atoms with Crippen molar-refractivity contribution >= 4 is 11.0 Å². The minimum absolute atomic E-state index is 0.0388. The summed E-state index contributed by atoms with van der Waals surface area (Å²) in [5.41, 5.74) is 7.69. The lowest BCUT2D eigenvalue weighted by Gasteiger charge is -2.21. The number of rotatable bonds is 8. The summed E-state index contributed by atoms with van der Waals surface area (Å²) in [6.45, 7) is 6.97. The van der Waals surface area contributed by atoms with E-state index in [2.05, 4.69) is 103 Å². The SMILES string of the molecule is CCC(c1ccc(C)cc1)n1c(=N)n([C@H](COC)Cc2ccc(C)cc2)c2ccccc21. The Balaban J connectivity index is 1.86. The lowest BCUT2D eigenvalue weighted by Crippen LogP contribution is -2.32. The van der Waals surface area contributed by atoms with Crippen molar-refractivity contribution in [1.82, 2.24) is 9.13 Å². The molecule has 32 heavy (non-hydrogen) atoms. The molecule has 4 rings (SSSR count). The van der Waals surface area contributed by atoms with E-state index < -0.39 is 0 Å². The quantitative estimate of drug-likeness (QED) is 0.370. The zero-order valence-electron chi connectivity index (χ0n) is 19.5. The van der Waals surface area contributed by atoms with Crippen molar-refractivity contribution in [3.8, 4) is 0 Å². The molecule has 0 bridgehead atoms. The van der Waals surface area contributed by atoms with Gasteiger partial charge in [-0.05, 0) is 49.9 Å². The second kappa shape index (κ2) is 9.58. The molecule has 2 atom stereocenters. The van der Waals surface area contributed by atoms with Crippen LogP contribution in [0.3, 0.4) is 0 Å². The fourth-order valence-corrected chi connectivity index (χ4v) is 4.67. The standard InChI is InChI=1S/C28H33N3O/c1-5-25(23-16-12-21(3)13-17-23)31-27-9-7-6-8-26(27)30(28(31)29)24(19-32-4)18-22-14-10-20(2)11-15-22/h6-17,24-25,29H,5,18-19H2,1-4H3/t24-,25?/m0/s1. The first-order valence-corrected chi connectivity index (χ1v) is 11.4. The van der Waals surface area contributed by atoms with Crippen LogP contribution in [-0.4, -0.2) is 22.9 Å². The molecule has 1 unspecified atom stereocenters. The predicted octanol–water partition coefficient (Wildman–Crippen LogP) is 5.97. The van der Waals surface area contributed by atoms with Crippen LogP contribution in [0.25, 0.3) is 11.0 Å². The molecule has 0 fully saturated rings. The first-order valence-electron chi connectivity index (χ1n) is 11.4. The lowest BCUT2D eigenvalue weighted by molar-refractivity contribution is 0.154. The van der Waals surface area contributed by atoms with Gasteiger partial charge >= 0.3 is 0 Å². The minimum atomic E-state index is 0.0388. The summed E-state index contributed by atoms with van der Waals surface area (Å²) < 4.78 is 9.99. The van der Waals surface area contributed by atoms with Crippen molar-refractivity contribution in [2.24, 2.45) is 0 Å². The molecule has 0 aliphatic carbocycles. The number of benzene rings is 3. The highest BCUT2D eigenvalue weighted by molar-refractivity contribution is 5.76. The van der Waals surface area contributed by atoms with E-state index in [0.717, 1.165) is 23.9 Å². The van der Waals surface area contributed by atoms with Crippen LogP contribution in [0.2, 0.25) is 0 Å². The Bertz CT molecular complexity index is 1230. The predicted molar refractivity (Wildman–Crippen MR) is 131 cm³/mol. The molecule has 0 amide bonds. The number of imidazole rings is 1. The highest BCUT2D eigenvalue weighted by Crippen LogP contribution is 2.28. The summed E-state index contributed by atoms with van der Waals surface area (Å²) in [4.78, 5) is 0. The third kappa shape index (κ3) is 4.28. The topological polar surface area (TPSA) is 42.9 Å². The van der Waals surface area contributed by atoms with Gasteiger partial charge in [-0.25, -0.2) is 0 Å². The summed E-state index contributed by atoms with van der Waals surface area (Å²) in [5.74, 6) is 0. The van der Waals surface area contributed by atoms with Gasteiger partial charge in [-0.15, -0.1) is 0 Å². The number of aromatic nitrogens is 2. The number of aryl methyl sites for hydroxylation is 2. The van der Waals surface area contributed by atoms with Crippen LogP contribution in [-0.2, 0) is 11.2 Å². The molecule has 166 valence electrons. The smallest absolute Gasteiger partial charge is 0.203 e. The van der Waals surface area contributed by atoms with Crippen LogP contribution < -0.4 is 5.62 Å². The van der Waals surface area contributed by atoms with Gasteiger partial charge in [-0.1, -0.05) is 78.7 Å². The maximum atomic E-state index is 9.28. The Kier molecular flexibility index (Phi) is 6.61. The Hall–Kier alpha value is -3.11. The second-order valence-corrected chi connectivity index (χ2v) is 8.69. The highest BCUT2D eigenvalue weighted by atomic mass is 16.5. The molecular weight excluding hydrogens is 394 g/mol. The van der Waals surface area contributed by atoms with Gasteiger partial charge in [0, 0.05) is 7.11 Å². The third-order valence-corrected chi connectivity index (χ3v) is 6.33. The Morgan fingerprint density at radius 2 is 1.38 bits per heavy atom. The first-order chi connectivity index (χ1) is 15.5. The molecular formula is C28H33N3O. The van der Waals surface area contributed by atoms with E-state index in [4.69, 9.17) is 4.74 Å². The number of ether oxygens (including phenoxy) is 1. The molecule has 0 saturated carbocycles. The van der Waals surface area contributed by atoms with Crippen LogP contribution in [0.1, 0.15) is 47.7 Å². The van der Waals surface area contributed by atoms with Crippen LogP contribution >= 0.6 is 0 Å². The maximum absolute atomic E-state index is 9.28. The van der Waals surface area contributed by atoms with Gasteiger partial charge in [0.15, 0.2) is 0 Å². The Morgan fingerprint density at radius 1 is 0.812 bits per heavy atom. The van der Waals surface area contributed by atoms with Crippen LogP contribution in [0.4, 0.5) is 0 Å². The average Bonchev–Trinajstić information content (AvgIpc) is 3.09. The van der Waals surface area contributed by atoms with Crippen molar-refractivity contribution in [1.29, 1.82) is 5.41 Å². The van der Waals surface area contributed by atoms with Crippen LogP contribution in [0.15, 0.2) is 72.8 Å². The zero-order valence-corrected chi connectivity index (χ0v) is 19.5. The van der Waals surface area contributed by atoms with Gasteiger partial charge in [0.25, 0.3) is 0 Å². The highest BCUT2D eigenvalue weighted by Gasteiger charge is 2.23. The molecule has 0 spiro atoms. The van der Waals surface area contributed by atoms with Gasteiger partial charge in [-0.2, -0.15) is 0 Å². The number of fused-ring (bicyclic) bond motifs is 1. The van der Waals surface area contributed by atoms with Gasteiger partial charge in [0.2, 0.25) is 5.62 Å². The average molecular weight is 428 g/mol. The van der Waals surface area contributed by atoms with Crippen molar-refractivity contribution in [3.63, 3.8) is 0 Å². The monoisotopic (exact) mass is 427 g/mol. The second-order valence-electron chi connectivity index (χ2n) is 8.69. The van der Waals surface area contributed by atoms with Gasteiger partial charge in [0.05, 0.1) is 29.7 Å². The third-order valence-electron chi connectivity index (χ3n) is 6.33. The Morgan fingerprint density at radius 3 is 1.94 bits per heavy atom. The lowest BCUT2D eigenvalue weighted by atomic mass is 10.0. The normalized spacial score (nSPS) is 13.4. The first kappa shape index (κ1) is 22.1. The summed E-state index contributed by atoms with van der Waals surface area (Å²) in [5, 5.41) is 9.28. The number of hydrogen-bond acceptors (Lipinski definition) is 2. The van der Waals surface area contributed by atoms with E-state index in [0.29, 0.717) is 12.2 Å². The van der Waals surface area contributed by atoms with Gasteiger partial charge in [-0.3, -0.25) is 5.41 Å². The summed E-state index contributed by atoms with van der Waals surface area (Å²) in [6, 6.07) is 25.9. The van der Waals surface area contributed by atoms with E-state index >= 15 is 0 Å². The molecule has 3 aromatic carbocycles. The van der Waals surface area contributed by atoms with Crippen LogP contribution in [0.5, 0.6) is 0 Å². The van der Waals surface area contributed by atoms with Gasteiger partial charge < -0.3 is 13.9 Å². The molecule has 1 aromatic heterocycles. The molecule has 1 N–H and O–H groups in total. The molecule has 4 nitrogen and oxygen atoms in total. The minimum Gasteiger partial charge on any atom is -0.383 e. The number of para-hydroxylation sites is 2. The fourth-order valence-electron chi connectivity index (χ4n) is 4.67. The summed E-state index contributed by atoms with van der Waals surface area (Å²) in [6.07, 6.45) is 1.74. The van der Waals surface area contributed by atoms with Gasteiger partial charge in [0.1, 0.15) is 0 Å². The van der Waals surface area contributed by atoms with Crippen molar-refractivity contribution in [2.45, 2.75) is 45.7 Å². The van der Waals surface area contributed by atoms with Crippen molar-refractivity contribution in [2.75, 3.05) is 13.7 Å². The zero-order chi connectivity index (χ0) is 22.7. The molecule has 4 heteroatoms. The number of nitrogens with one attached hydrogen (secondary N) is 1.